The van der Waals surface area contributed by atoms with Crippen molar-refractivity contribution < 1.29 is 9.53 Å². The third kappa shape index (κ3) is 2.46. The molecule has 2 atom stereocenters. The van der Waals surface area contributed by atoms with E-state index >= 15 is 0 Å². The Morgan fingerprint density at radius 1 is 1.50 bits per heavy atom. The molecule has 4 heteroatoms. The number of hydrogen-bond donors (Lipinski definition) is 0. The van der Waals surface area contributed by atoms with Crippen LogP contribution >= 0.6 is 11.6 Å². The van der Waals surface area contributed by atoms with Crippen LogP contribution in [-0.4, -0.2) is 30.3 Å². The molecular weight excluding hydrogens is 250 g/mol. The summed E-state index contributed by atoms with van der Waals surface area (Å²) in [6.07, 6.45) is 0.559. The minimum absolute atomic E-state index is 0.0295. The predicted molar refractivity (Wildman–Crippen MR) is 71.9 cm³/mol. The van der Waals surface area contributed by atoms with E-state index in [2.05, 4.69) is 0 Å². The lowest BCUT2D eigenvalue weighted by atomic mass is 10.1. The molecule has 0 aromatic heterocycles. The van der Waals surface area contributed by atoms with Gasteiger partial charge in [0, 0.05) is 24.4 Å². The molecule has 2 rings (SSSR count). The molecular formula is C14H18ClNO2. The van der Waals surface area contributed by atoms with Crippen LogP contribution in [0.1, 0.15) is 24.9 Å². The summed E-state index contributed by atoms with van der Waals surface area (Å²) in [6, 6.07) is 7.86. The highest BCUT2D eigenvalue weighted by Crippen LogP contribution is 2.33. The third-order valence-corrected chi connectivity index (χ3v) is 3.95. The van der Waals surface area contributed by atoms with Crippen LogP contribution in [-0.2, 0) is 4.79 Å². The zero-order valence-corrected chi connectivity index (χ0v) is 11.5. The minimum atomic E-state index is 0.0295. The highest BCUT2D eigenvalue weighted by Gasteiger charge is 2.33. The standard InChI is InChI=1S/C14H18ClNO2/c1-10(12-5-3-4-6-13(12)18-2)16-9-11(8-15)7-14(16)17/h3-6,10-11H,7-9H2,1-2H3. The summed E-state index contributed by atoms with van der Waals surface area (Å²) in [5, 5.41) is 0. The molecule has 0 radical (unpaired) electrons. The molecule has 1 amide bonds. The number of halogens is 1. The molecule has 1 saturated heterocycles. The fourth-order valence-electron chi connectivity index (χ4n) is 2.47. The number of benzene rings is 1. The number of ether oxygens (including phenoxy) is 1. The fraction of sp³-hybridized carbons (Fsp3) is 0.500. The van der Waals surface area contributed by atoms with Crippen LogP contribution in [0.4, 0.5) is 0 Å². The van der Waals surface area contributed by atoms with Gasteiger partial charge < -0.3 is 9.64 Å². The first kappa shape index (κ1) is 13.2. The van der Waals surface area contributed by atoms with Crippen molar-refractivity contribution in [2.24, 2.45) is 5.92 Å². The summed E-state index contributed by atoms with van der Waals surface area (Å²) in [4.78, 5) is 13.9. The molecule has 0 spiro atoms. The predicted octanol–water partition coefficient (Wildman–Crippen LogP) is 2.84. The number of alkyl halides is 1. The van der Waals surface area contributed by atoms with Crippen molar-refractivity contribution in [1.82, 2.24) is 4.90 Å². The van der Waals surface area contributed by atoms with Crippen LogP contribution in [0.15, 0.2) is 24.3 Å². The molecule has 1 aromatic carbocycles. The molecule has 2 unspecified atom stereocenters. The number of amides is 1. The number of methoxy groups -OCH3 is 1. The maximum atomic E-state index is 12.0. The molecule has 18 heavy (non-hydrogen) atoms. The van der Waals surface area contributed by atoms with Gasteiger partial charge in [-0.3, -0.25) is 4.79 Å². The average Bonchev–Trinajstić information content (AvgIpc) is 2.79. The van der Waals surface area contributed by atoms with E-state index in [1.807, 2.05) is 36.1 Å². The Morgan fingerprint density at radius 2 is 2.22 bits per heavy atom. The lowest BCUT2D eigenvalue weighted by molar-refractivity contribution is -0.129. The highest BCUT2D eigenvalue weighted by atomic mass is 35.5. The molecule has 3 nitrogen and oxygen atoms in total. The van der Waals surface area contributed by atoms with Crippen molar-refractivity contribution in [2.45, 2.75) is 19.4 Å². The SMILES string of the molecule is COc1ccccc1C(C)N1CC(CCl)CC1=O. The van der Waals surface area contributed by atoms with Gasteiger partial charge in [0.1, 0.15) is 5.75 Å². The third-order valence-electron chi connectivity index (χ3n) is 3.51. The van der Waals surface area contributed by atoms with Gasteiger partial charge in [-0.25, -0.2) is 0 Å². The quantitative estimate of drug-likeness (QED) is 0.785. The lowest BCUT2D eigenvalue weighted by Crippen LogP contribution is -2.28. The Labute approximate surface area is 113 Å². The van der Waals surface area contributed by atoms with Gasteiger partial charge in [0.15, 0.2) is 0 Å². The van der Waals surface area contributed by atoms with E-state index < -0.39 is 0 Å². The van der Waals surface area contributed by atoms with Crippen molar-refractivity contribution in [1.29, 1.82) is 0 Å². The van der Waals surface area contributed by atoms with Crippen molar-refractivity contribution in [3.63, 3.8) is 0 Å². The molecule has 1 heterocycles. The number of para-hydroxylation sites is 1. The molecule has 1 fully saturated rings. The Hall–Kier alpha value is -1.22. The molecule has 1 aliphatic heterocycles. The van der Waals surface area contributed by atoms with Gasteiger partial charge in [0.25, 0.3) is 0 Å². The molecule has 0 bridgehead atoms. The fourth-order valence-corrected chi connectivity index (χ4v) is 2.67. The van der Waals surface area contributed by atoms with Gasteiger partial charge in [0.05, 0.1) is 13.2 Å². The Morgan fingerprint density at radius 3 is 2.83 bits per heavy atom. The van der Waals surface area contributed by atoms with E-state index in [4.69, 9.17) is 16.3 Å². The molecule has 0 N–H and O–H groups in total. The van der Waals surface area contributed by atoms with Gasteiger partial charge >= 0.3 is 0 Å². The van der Waals surface area contributed by atoms with Crippen LogP contribution in [0, 0.1) is 5.92 Å². The number of carbonyl (C=O) groups excluding carboxylic acids is 1. The van der Waals surface area contributed by atoms with Crippen molar-refractivity contribution in [3.8, 4) is 5.75 Å². The highest BCUT2D eigenvalue weighted by molar-refractivity contribution is 6.18. The molecule has 1 aliphatic rings. The first-order chi connectivity index (χ1) is 8.67. The number of carbonyl (C=O) groups is 1. The summed E-state index contributed by atoms with van der Waals surface area (Å²) in [5.41, 5.74) is 1.04. The van der Waals surface area contributed by atoms with E-state index in [9.17, 15) is 4.79 Å². The number of likely N-dealkylation sites (tertiary alicyclic amines) is 1. The van der Waals surface area contributed by atoms with Gasteiger partial charge in [0.2, 0.25) is 5.91 Å². The average molecular weight is 268 g/mol. The van der Waals surface area contributed by atoms with Crippen LogP contribution in [0.5, 0.6) is 5.75 Å². The number of nitrogens with zero attached hydrogens (tertiary/aromatic N) is 1. The van der Waals surface area contributed by atoms with Crippen LogP contribution < -0.4 is 4.74 Å². The Balaban J connectivity index is 2.21. The summed E-state index contributed by atoms with van der Waals surface area (Å²) in [5.74, 6) is 1.82. The van der Waals surface area contributed by atoms with E-state index in [0.717, 1.165) is 17.9 Å². The topological polar surface area (TPSA) is 29.5 Å². The second-order valence-electron chi connectivity index (χ2n) is 4.69. The van der Waals surface area contributed by atoms with Gasteiger partial charge in [-0.05, 0) is 18.9 Å². The largest absolute Gasteiger partial charge is 0.496 e. The van der Waals surface area contributed by atoms with Crippen molar-refractivity contribution in [3.05, 3.63) is 29.8 Å². The first-order valence-electron chi connectivity index (χ1n) is 6.15. The monoisotopic (exact) mass is 267 g/mol. The minimum Gasteiger partial charge on any atom is -0.496 e. The summed E-state index contributed by atoms with van der Waals surface area (Å²) < 4.78 is 5.35. The Bertz CT molecular complexity index is 436. The van der Waals surface area contributed by atoms with Crippen molar-refractivity contribution >= 4 is 17.5 Å². The van der Waals surface area contributed by atoms with E-state index in [0.29, 0.717) is 12.3 Å². The van der Waals surface area contributed by atoms with Crippen LogP contribution in [0.2, 0.25) is 0 Å². The normalized spacial score (nSPS) is 21.2. The maximum absolute atomic E-state index is 12.0. The van der Waals surface area contributed by atoms with Crippen LogP contribution in [0.25, 0.3) is 0 Å². The second-order valence-corrected chi connectivity index (χ2v) is 5.00. The second kappa shape index (κ2) is 5.61. The molecule has 1 aromatic rings. The summed E-state index contributed by atoms with van der Waals surface area (Å²) >= 11 is 5.84. The Kier molecular flexibility index (Phi) is 4.12. The van der Waals surface area contributed by atoms with E-state index in [1.165, 1.54) is 0 Å². The zero-order valence-electron chi connectivity index (χ0n) is 10.7. The lowest BCUT2D eigenvalue weighted by Gasteiger charge is -2.26. The van der Waals surface area contributed by atoms with E-state index in [-0.39, 0.29) is 17.9 Å². The summed E-state index contributed by atoms with van der Waals surface area (Å²) in [6.45, 7) is 2.77. The van der Waals surface area contributed by atoms with Gasteiger partial charge in [-0.2, -0.15) is 0 Å². The number of rotatable bonds is 4. The smallest absolute Gasteiger partial charge is 0.223 e. The number of hydrogen-bond acceptors (Lipinski definition) is 2. The maximum Gasteiger partial charge on any atom is 0.223 e. The first-order valence-corrected chi connectivity index (χ1v) is 6.69. The van der Waals surface area contributed by atoms with Crippen LogP contribution in [0.3, 0.4) is 0 Å². The van der Waals surface area contributed by atoms with Gasteiger partial charge in [-0.15, -0.1) is 11.6 Å². The molecule has 0 aliphatic carbocycles. The van der Waals surface area contributed by atoms with E-state index in [1.54, 1.807) is 7.11 Å². The zero-order chi connectivity index (χ0) is 13.1. The summed E-state index contributed by atoms with van der Waals surface area (Å²) in [7, 11) is 1.65. The van der Waals surface area contributed by atoms with Crippen molar-refractivity contribution in [2.75, 3.05) is 19.5 Å². The van der Waals surface area contributed by atoms with Gasteiger partial charge in [-0.1, -0.05) is 18.2 Å². The molecule has 0 saturated carbocycles. The molecule has 98 valence electrons.